The van der Waals surface area contributed by atoms with E-state index < -0.39 is 13.7 Å². The van der Waals surface area contributed by atoms with Crippen LogP contribution in [0.15, 0.2) is 132 Å². The molecule has 298 valence electrons. The summed E-state index contributed by atoms with van der Waals surface area (Å²) in [6.45, 7) is 7.67. The van der Waals surface area contributed by atoms with Crippen molar-refractivity contribution < 1.29 is 24.1 Å². The number of aliphatic hydroxyl groups is 1. The number of methoxy groups -OCH3 is 2. The number of aliphatic hydroxyl groups excluding tert-OH is 1. The van der Waals surface area contributed by atoms with Crippen molar-refractivity contribution in [3.8, 4) is 17.2 Å². The summed E-state index contributed by atoms with van der Waals surface area (Å²) in [6.07, 6.45) is 3.95. The van der Waals surface area contributed by atoms with Crippen LogP contribution in [0.3, 0.4) is 0 Å². The molecule has 0 aliphatic carbocycles. The maximum Gasteiger partial charge on any atom is 0.297 e. The van der Waals surface area contributed by atoms with E-state index in [9.17, 15) is 9.90 Å². The largest absolute Gasteiger partial charge is 0.497 e. The fraction of sp³-hybridized carbons (Fsp3) is 0.304. The van der Waals surface area contributed by atoms with Crippen molar-refractivity contribution in [1.29, 1.82) is 0 Å². The number of hydrogen-bond donors (Lipinski definition) is 1. The van der Waals surface area contributed by atoms with Crippen LogP contribution in [0.2, 0.25) is 18.6 Å². The second kappa shape index (κ2) is 15.8. The minimum atomic E-state index is -2.38. The highest BCUT2D eigenvalue weighted by molar-refractivity contribution is 6.91. The van der Waals surface area contributed by atoms with Gasteiger partial charge >= 0.3 is 0 Å². The molecule has 1 N–H and O–H groups in total. The normalized spacial score (nSPS) is 20.7. The molecule has 58 heavy (non-hydrogen) atoms. The molecule has 0 bridgehead atoms. The van der Waals surface area contributed by atoms with Gasteiger partial charge in [0.1, 0.15) is 5.75 Å². The molecule has 1 fully saturated rings. The van der Waals surface area contributed by atoms with E-state index in [1.54, 1.807) is 30.0 Å². The highest BCUT2D eigenvalue weighted by Crippen LogP contribution is 2.60. The lowest BCUT2D eigenvalue weighted by atomic mass is 9.82. The van der Waals surface area contributed by atoms with Crippen LogP contribution >= 0.6 is 0 Å². The van der Waals surface area contributed by atoms with Crippen LogP contribution in [0.4, 0.5) is 5.69 Å². The summed E-state index contributed by atoms with van der Waals surface area (Å²) in [5.41, 5.74) is 3.49. The molecule has 5 atom stereocenters. The lowest BCUT2D eigenvalue weighted by Gasteiger charge is -2.37. The molecule has 2 aromatic heterocycles. The molecule has 1 spiro atoms. The maximum absolute atomic E-state index is 15.3. The van der Waals surface area contributed by atoms with E-state index in [1.807, 2.05) is 107 Å². The molecular weight excluding hydrogens is 747 g/mol. The second-order valence-electron chi connectivity index (χ2n) is 15.8. The molecule has 12 heteroatoms. The average Bonchev–Trinajstić information content (AvgIpc) is 3.91. The van der Waals surface area contributed by atoms with Crippen molar-refractivity contribution in [2.45, 2.75) is 62.7 Å². The quantitative estimate of drug-likeness (QED) is 0.133. The van der Waals surface area contributed by atoms with Crippen molar-refractivity contribution in [2.24, 2.45) is 5.92 Å². The number of benzene rings is 4. The van der Waals surface area contributed by atoms with Gasteiger partial charge in [-0.3, -0.25) is 18.8 Å². The van der Waals surface area contributed by atoms with Crippen molar-refractivity contribution >= 4 is 24.9 Å². The Kier molecular flexibility index (Phi) is 10.7. The maximum atomic E-state index is 15.3. The van der Waals surface area contributed by atoms with Gasteiger partial charge in [-0.05, 0) is 65.6 Å². The topological polar surface area (TPSA) is 121 Å². The highest BCUT2D eigenvalue weighted by Gasteiger charge is 2.66. The van der Waals surface area contributed by atoms with Crippen LogP contribution in [0.1, 0.15) is 41.6 Å². The zero-order chi connectivity index (χ0) is 40.6. The molecular formula is C46H49N5O6Si. The molecule has 6 aromatic rings. The molecule has 8 rings (SSSR count). The van der Waals surface area contributed by atoms with Crippen LogP contribution in [0.5, 0.6) is 11.5 Å². The van der Waals surface area contributed by atoms with E-state index in [-0.39, 0.29) is 47.3 Å². The summed E-state index contributed by atoms with van der Waals surface area (Å²) < 4.78 is 21.5. The summed E-state index contributed by atoms with van der Waals surface area (Å²) in [7, 11) is 0.775. The lowest BCUT2D eigenvalue weighted by molar-refractivity contribution is -0.146. The van der Waals surface area contributed by atoms with E-state index in [1.165, 1.54) is 12.3 Å². The first-order chi connectivity index (χ1) is 28.1. The van der Waals surface area contributed by atoms with Gasteiger partial charge in [-0.1, -0.05) is 103 Å². The van der Waals surface area contributed by atoms with Gasteiger partial charge in [-0.2, -0.15) is 0 Å². The van der Waals surface area contributed by atoms with Gasteiger partial charge in [0.25, 0.3) is 11.5 Å². The van der Waals surface area contributed by atoms with Crippen molar-refractivity contribution in [3.63, 3.8) is 0 Å². The zero-order valence-corrected chi connectivity index (χ0v) is 34.5. The number of hydrogen-bond acceptors (Lipinski definition) is 8. The number of aryl methyl sites for hydroxylation is 1. The molecule has 4 aromatic carbocycles. The number of rotatable bonds is 13. The molecule has 0 radical (unpaired) electrons. The van der Waals surface area contributed by atoms with Crippen LogP contribution in [-0.2, 0) is 28.2 Å². The van der Waals surface area contributed by atoms with Gasteiger partial charge < -0.3 is 24.2 Å². The number of ether oxygens (including phenoxy) is 3. The van der Waals surface area contributed by atoms with Gasteiger partial charge in [0.15, 0.2) is 11.4 Å². The third-order valence-corrected chi connectivity index (χ3v) is 16.7. The number of amides is 1. The Morgan fingerprint density at radius 1 is 0.897 bits per heavy atom. The van der Waals surface area contributed by atoms with Crippen LogP contribution < -0.4 is 25.1 Å². The van der Waals surface area contributed by atoms with Crippen molar-refractivity contribution in [2.75, 3.05) is 25.7 Å². The Morgan fingerprint density at radius 3 is 2.40 bits per heavy atom. The minimum absolute atomic E-state index is 0.0404. The Labute approximate surface area is 339 Å². The summed E-state index contributed by atoms with van der Waals surface area (Å²) in [5, 5.41) is 20.5. The van der Waals surface area contributed by atoms with Gasteiger partial charge in [-0.15, -0.1) is 5.10 Å². The zero-order valence-electron chi connectivity index (χ0n) is 33.5. The Hall–Kier alpha value is -5.82. The van der Waals surface area contributed by atoms with Gasteiger partial charge in [0, 0.05) is 36.1 Å². The molecule has 2 aliphatic heterocycles. The van der Waals surface area contributed by atoms with Gasteiger partial charge in [-0.25, -0.2) is 0 Å². The lowest BCUT2D eigenvalue weighted by Crippen LogP contribution is -2.51. The van der Waals surface area contributed by atoms with E-state index in [4.69, 9.17) is 14.2 Å². The second-order valence-corrected chi connectivity index (χ2v) is 20.5. The first-order valence-electron chi connectivity index (χ1n) is 19.7. The molecule has 4 heterocycles. The Balaban J connectivity index is 1.14. The van der Waals surface area contributed by atoms with Crippen LogP contribution in [-0.4, -0.2) is 65.6 Å². The van der Waals surface area contributed by atoms with E-state index in [0.29, 0.717) is 30.9 Å². The number of carbonyl (C=O) groups is 1. The number of fused-ring (bicyclic) bond motifs is 2. The Morgan fingerprint density at radius 2 is 1.66 bits per heavy atom. The fourth-order valence-corrected chi connectivity index (χ4v) is 13.5. The van der Waals surface area contributed by atoms with E-state index in [2.05, 4.69) is 42.5 Å². The number of aromatic nitrogens is 4. The van der Waals surface area contributed by atoms with Crippen molar-refractivity contribution in [1.82, 2.24) is 19.6 Å². The number of para-hydroxylation sites is 1. The smallest absolute Gasteiger partial charge is 0.297 e. The Bertz CT molecular complexity index is 2470. The molecule has 11 nitrogen and oxygen atoms in total. The predicted octanol–water partition coefficient (Wildman–Crippen LogP) is 6.42. The molecule has 1 unspecified atom stereocenters. The standard InChI is InChI=1S/C46H49N5O6Si/c1-31-43(58(4,5)36-22-20-35(55-2)21-23-36)41(24-26-49-29-39(47-48-49)37(30-52)33-14-7-6-8-15-33)57-46(31)38-17-9-10-18-40(38)51(45(46)54)28-32-13-11-16-34(27-32)50-25-12-19-42(56-3)44(50)53/h6-23,25,27,29,31,37,41,43,52H,24,26,28,30H2,1-5H3/t31-,37?,41+,43-,46+/m1/s1. The fourth-order valence-electron chi connectivity index (χ4n) is 9.41. The third-order valence-electron chi connectivity index (χ3n) is 12.3. The predicted molar refractivity (Wildman–Crippen MR) is 226 cm³/mol. The first kappa shape index (κ1) is 39.0. The monoisotopic (exact) mass is 795 g/mol. The highest BCUT2D eigenvalue weighted by atomic mass is 28.3. The summed E-state index contributed by atoms with van der Waals surface area (Å²) in [4.78, 5) is 30.3. The van der Waals surface area contributed by atoms with E-state index >= 15 is 4.79 Å². The van der Waals surface area contributed by atoms with Crippen LogP contribution in [0.25, 0.3) is 5.69 Å². The van der Waals surface area contributed by atoms with E-state index in [0.717, 1.165) is 28.1 Å². The van der Waals surface area contributed by atoms with Gasteiger partial charge in [0.05, 0.1) is 58.8 Å². The number of anilines is 1. The summed E-state index contributed by atoms with van der Waals surface area (Å²) in [6, 6.07) is 37.3. The first-order valence-corrected chi connectivity index (χ1v) is 22.8. The van der Waals surface area contributed by atoms with Gasteiger partial charge in [0.2, 0.25) is 0 Å². The summed E-state index contributed by atoms with van der Waals surface area (Å²) in [5.74, 6) is 0.498. The number of pyridine rings is 1. The molecule has 2 aliphatic rings. The molecule has 1 amide bonds. The summed E-state index contributed by atoms with van der Waals surface area (Å²) >= 11 is 0. The van der Waals surface area contributed by atoms with Crippen molar-refractivity contribution in [3.05, 3.63) is 160 Å². The molecule has 1 saturated heterocycles. The average molecular weight is 796 g/mol. The SMILES string of the molecule is COc1ccc([Si](C)(C)[C@H]2[C@H](CCn3cc(C(CO)c4ccccc4)nn3)O[C@@]3(C(=O)N(Cc4cccc(-n5cccc(OC)c5=O)c4)c4ccccc43)[C@@H]2C)cc1. The minimum Gasteiger partial charge on any atom is -0.497 e. The third kappa shape index (κ3) is 6.74. The number of carbonyl (C=O) groups excluding carboxylic acids is 1. The number of nitrogens with zero attached hydrogens (tertiary/aromatic N) is 5. The molecule has 0 saturated carbocycles. The van der Waals surface area contributed by atoms with Crippen LogP contribution in [0, 0.1) is 5.92 Å².